The molecule has 0 spiro atoms. The predicted octanol–water partition coefficient (Wildman–Crippen LogP) is 6.92. The molecule has 2 aromatic carbocycles. The fourth-order valence-corrected chi connectivity index (χ4v) is 3.41. The number of hydrogen-bond donors (Lipinski definition) is 0. The SMILES string of the molecule is CC(C)(C)[Si](C)(C)Oc1ccc(-c2c(F)cc(Br)cc2F)cc1F. The highest BCUT2D eigenvalue weighted by Crippen LogP contribution is 2.39. The van der Waals surface area contributed by atoms with E-state index in [4.69, 9.17) is 4.43 Å². The van der Waals surface area contributed by atoms with E-state index < -0.39 is 25.8 Å². The lowest BCUT2D eigenvalue weighted by molar-refractivity contribution is 0.457. The van der Waals surface area contributed by atoms with Gasteiger partial charge in [0.15, 0.2) is 5.82 Å². The minimum Gasteiger partial charge on any atom is -0.542 e. The van der Waals surface area contributed by atoms with Gasteiger partial charge in [-0.3, -0.25) is 0 Å². The van der Waals surface area contributed by atoms with Crippen molar-refractivity contribution in [1.29, 1.82) is 0 Å². The molecule has 24 heavy (non-hydrogen) atoms. The van der Waals surface area contributed by atoms with E-state index in [9.17, 15) is 13.2 Å². The molecule has 0 atom stereocenters. The zero-order valence-electron chi connectivity index (χ0n) is 14.3. The standard InChI is InChI=1S/C18H20BrF3OSi/c1-18(2,3)24(4,5)23-16-7-6-11(8-13(16)20)17-14(21)9-12(19)10-15(17)22/h6-10H,1-5H3. The molecule has 6 heteroatoms. The Kier molecular flexibility index (Phi) is 5.21. The van der Waals surface area contributed by atoms with Gasteiger partial charge in [0, 0.05) is 4.47 Å². The van der Waals surface area contributed by atoms with E-state index in [0.29, 0.717) is 4.47 Å². The summed E-state index contributed by atoms with van der Waals surface area (Å²) in [4.78, 5) is 0. The average molecular weight is 417 g/mol. The summed E-state index contributed by atoms with van der Waals surface area (Å²) in [6.45, 7) is 10.2. The molecular formula is C18H20BrF3OSi. The molecule has 2 rings (SSSR count). The molecule has 0 unspecified atom stereocenters. The van der Waals surface area contributed by atoms with Crippen LogP contribution in [0, 0.1) is 17.5 Å². The summed E-state index contributed by atoms with van der Waals surface area (Å²) in [7, 11) is -2.20. The topological polar surface area (TPSA) is 9.23 Å². The fourth-order valence-electron chi connectivity index (χ4n) is 1.99. The number of halogens is 4. The maximum Gasteiger partial charge on any atom is 0.250 e. The van der Waals surface area contributed by atoms with Crippen LogP contribution < -0.4 is 4.43 Å². The summed E-state index contributed by atoms with van der Waals surface area (Å²) < 4.78 is 48.7. The van der Waals surface area contributed by atoms with E-state index >= 15 is 0 Å². The van der Waals surface area contributed by atoms with Gasteiger partial charge in [0.2, 0.25) is 0 Å². The third-order valence-electron chi connectivity index (χ3n) is 4.40. The summed E-state index contributed by atoms with van der Waals surface area (Å²) in [6.07, 6.45) is 0. The normalized spacial score (nSPS) is 12.4. The molecule has 0 N–H and O–H groups in total. The van der Waals surface area contributed by atoms with E-state index in [2.05, 4.69) is 36.7 Å². The van der Waals surface area contributed by atoms with Crippen molar-refractivity contribution in [1.82, 2.24) is 0 Å². The molecule has 0 radical (unpaired) electrons. The summed E-state index contributed by atoms with van der Waals surface area (Å²) in [6, 6.07) is 6.32. The molecule has 0 bridgehead atoms. The molecule has 1 nitrogen and oxygen atoms in total. The molecule has 0 saturated heterocycles. The van der Waals surface area contributed by atoms with Gasteiger partial charge in [-0.05, 0) is 48.0 Å². The van der Waals surface area contributed by atoms with Crippen LogP contribution in [-0.4, -0.2) is 8.32 Å². The van der Waals surface area contributed by atoms with Crippen molar-refractivity contribution in [3.8, 4) is 16.9 Å². The first kappa shape index (κ1) is 19.1. The van der Waals surface area contributed by atoms with Crippen LogP contribution in [0.3, 0.4) is 0 Å². The summed E-state index contributed by atoms with van der Waals surface area (Å²) in [5.74, 6) is -2.01. The summed E-state index contributed by atoms with van der Waals surface area (Å²) in [5, 5.41) is -0.0813. The Labute approximate surface area is 150 Å². The number of hydrogen-bond acceptors (Lipinski definition) is 1. The van der Waals surface area contributed by atoms with Gasteiger partial charge in [-0.25, -0.2) is 13.2 Å². The van der Waals surface area contributed by atoms with Crippen LogP contribution in [0.4, 0.5) is 13.2 Å². The first-order chi connectivity index (χ1) is 10.9. The van der Waals surface area contributed by atoms with Crippen LogP contribution in [0.15, 0.2) is 34.8 Å². The minimum absolute atomic E-state index is 0.0813. The third kappa shape index (κ3) is 3.86. The maximum absolute atomic E-state index is 14.4. The first-order valence-corrected chi connectivity index (χ1v) is 11.3. The molecule has 0 aliphatic heterocycles. The van der Waals surface area contributed by atoms with Gasteiger partial charge in [0.05, 0.1) is 5.56 Å². The Morgan fingerprint density at radius 2 is 1.46 bits per heavy atom. The van der Waals surface area contributed by atoms with Crippen molar-refractivity contribution < 1.29 is 17.6 Å². The molecular weight excluding hydrogens is 397 g/mol. The van der Waals surface area contributed by atoms with Gasteiger partial charge in [-0.2, -0.15) is 0 Å². The monoisotopic (exact) mass is 416 g/mol. The van der Waals surface area contributed by atoms with Crippen molar-refractivity contribution in [3.05, 3.63) is 52.3 Å². The molecule has 0 aliphatic rings. The highest BCUT2D eigenvalue weighted by atomic mass is 79.9. The van der Waals surface area contributed by atoms with Crippen molar-refractivity contribution >= 4 is 24.2 Å². The van der Waals surface area contributed by atoms with Gasteiger partial charge in [-0.1, -0.05) is 42.8 Å². The number of rotatable bonds is 3. The highest BCUT2D eigenvalue weighted by Gasteiger charge is 2.39. The molecule has 0 heterocycles. The van der Waals surface area contributed by atoms with Crippen molar-refractivity contribution in [3.63, 3.8) is 0 Å². The van der Waals surface area contributed by atoms with E-state index in [-0.39, 0.29) is 21.9 Å². The van der Waals surface area contributed by atoms with Gasteiger partial charge >= 0.3 is 0 Å². The van der Waals surface area contributed by atoms with Gasteiger partial charge in [0.25, 0.3) is 8.32 Å². The first-order valence-electron chi connectivity index (χ1n) is 7.56. The second-order valence-corrected chi connectivity index (χ2v) is 12.9. The van der Waals surface area contributed by atoms with Crippen LogP contribution >= 0.6 is 15.9 Å². The molecule has 0 amide bonds. The third-order valence-corrected chi connectivity index (χ3v) is 9.20. The van der Waals surface area contributed by atoms with Gasteiger partial charge in [-0.15, -0.1) is 0 Å². The molecule has 0 aromatic heterocycles. The smallest absolute Gasteiger partial charge is 0.250 e. The lowest BCUT2D eigenvalue weighted by Gasteiger charge is -2.36. The highest BCUT2D eigenvalue weighted by molar-refractivity contribution is 9.10. The van der Waals surface area contributed by atoms with E-state index in [0.717, 1.165) is 18.2 Å². The Morgan fingerprint density at radius 1 is 0.917 bits per heavy atom. The van der Waals surface area contributed by atoms with Crippen molar-refractivity contribution in [2.45, 2.75) is 38.9 Å². The molecule has 2 aromatic rings. The Morgan fingerprint density at radius 3 is 1.92 bits per heavy atom. The largest absolute Gasteiger partial charge is 0.542 e. The summed E-state index contributed by atoms with van der Waals surface area (Å²) in [5.41, 5.74) is -0.117. The van der Waals surface area contributed by atoms with Crippen molar-refractivity contribution in [2.24, 2.45) is 0 Å². The minimum atomic E-state index is -2.20. The van der Waals surface area contributed by atoms with Crippen LogP contribution in [0.2, 0.25) is 18.1 Å². The molecule has 0 saturated carbocycles. The predicted molar refractivity (Wildman–Crippen MR) is 97.3 cm³/mol. The van der Waals surface area contributed by atoms with Gasteiger partial charge in [0.1, 0.15) is 17.4 Å². The molecule has 130 valence electrons. The Bertz CT molecular complexity index is 746. The zero-order chi connectivity index (χ0) is 18.3. The fraction of sp³-hybridized carbons (Fsp3) is 0.333. The molecule has 0 fully saturated rings. The van der Waals surface area contributed by atoms with Crippen LogP contribution in [0.25, 0.3) is 11.1 Å². The summed E-state index contributed by atoms with van der Waals surface area (Å²) >= 11 is 3.03. The van der Waals surface area contributed by atoms with Crippen molar-refractivity contribution in [2.75, 3.05) is 0 Å². The van der Waals surface area contributed by atoms with Crippen LogP contribution in [-0.2, 0) is 0 Å². The van der Waals surface area contributed by atoms with Crippen LogP contribution in [0.1, 0.15) is 20.8 Å². The Balaban J connectivity index is 2.42. The maximum atomic E-state index is 14.4. The Hall–Kier alpha value is -1.27. The van der Waals surface area contributed by atoms with Gasteiger partial charge < -0.3 is 4.43 Å². The average Bonchev–Trinajstić information content (AvgIpc) is 2.39. The lowest BCUT2D eigenvalue weighted by atomic mass is 10.0. The second-order valence-electron chi connectivity index (χ2n) is 7.25. The van der Waals surface area contributed by atoms with E-state index in [1.54, 1.807) is 0 Å². The lowest BCUT2D eigenvalue weighted by Crippen LogP contribution is -2.44. The second kappa shape index (κ2) is 6.56. The zero-order valence-corrected chi connectivity index (χ0v) is 16.9. The molecule has 0 aliphatic carbocycles. The van der Waals surface area contributed by atoms with Crippen LogP contribution in [0.5, 0.6) is 5.75 Å². The quantitative estimate of drug-likeness (QED) is 0.493. The van der Waals surface area contributed by atoms with E-state index in [1.807, 2.05) is 13.1 Å². The number of benzene rings is 2. The van der Waals surface area contributed by atoms with E-state index in [1.165, 1.54) is 12.1 Å².